The first-order valence-corrected chi connectivity index (χ1v) is 9.21. The highest BCUT2D eigenvalue weighted by atomic mass is 16.4. The maximum absolute atomic E-state index is 10.4. The lowest BCUT2D eigenvalue weighted by Gasteiger charge is -2.11. The molecule has 0 aliphatic rings. The third-order valence-corrected chi connectivity index (χ3v) is 3.44. The van der Waals surface area contributed by atoms with E-state index in [1.54, 1.807) is 54.7 Å². The van der Waals surface area contributed by atoms with Crippen LogP contribution in [0.4, 0.5) is 0 Å². The van der Waals surface area contributed by atoms with Gasteiger partial charge in [0, 0.05) is 6.42 Å². The molecule has 5 nitrogen and oxygen atoms in total. The number of rotatable bonds is 14. The fourth-order valence-corrected chi connectivity index (χ4v) is 1.94. The van der Waals surface area contributed by atoms with Crippen molar-refractivity contribution >= 4 is 5.97 Å². The van der Waals surface area contributed by atoms with E-state index in [0.717, 1.165) is 6.42 Å². The first kappa shape index (κ1) is 24.8. The normalized spacial score (nSPS) is 16.6. The molecule has 0 saturated heterocycles. The summed E-state index contributed by atoms with van der Waals surface area (Å²) in [6.45, 7) is 2.05. The van der Waals surface area contributed by atoms with Crippen LogP contribution in [0.2, 0.25) is 0 Å². The number of aliphatic hydroxyl groups excluding tert-OH is 3. The van der Waals surface area contributed by atoms with Gasteiger partial charge >= 0.3 is 5.97 Å². The summed E-state index contributed by atoms with van der Waals surface area (Å²) in [7, 11) is 0. The zero-order chi connectivity index (χ0) is 20.3. The summed E-state index contributed by atoms with van der Waals surface area (Å²) >= 11 is 0. The lowest BCUT2D eigenvalue weighted by atomic mass is 10.1. The molecule has 0 heterocycles. The van der Waals surface area contributed by atoms with Gasteiger partial charge in [0.15, 0.2) is 0 Å². The smallest absolute Gasteiger partial charge is 0.303 e. The molecule has 0 aliphatic carbocycles. The third-order valence-electron chi connectivity index (χ3n) is 3.44. The Balaban J connectivity index is 4.06. The monoisotopic (exact) mass is 376 g/mol. The zero-order valence-corrected chi connectivity index (χ0v) is 15.9. The van der Waals surface area contributed by atoms with E-state index >= 15 is 0 Å². The molecule has 0 amide bonds. The average Bonchev–Trinajstić information content (AvgIpc) is 2.63. The maximum Gasteiger partial charge on any atom is 0.303 e. The Morgan fingerprint density at radius 3 is 2.04 bits per heavy atom. The summed E-state index contributed by atoms with van der Waals surface area (Å²) < 4.78 is 0. The second-order valence-electron chi connectivity index (χ2n) is 5.92. The molecule has 0 spiro atoms. The molecule has 0 bridgehead atoms. The molecule has 1 unspecified atom stereocenters. The molecular weight excluding hydrogens is 344 g/mol. The summed E-state index contributed by atoms with van der Waals surface area (Å²) in [6, 6.07) is 0. The molecule has 150 valence electrons. The van der Waals surface area contributed by atoms with Crippen molar-refractivity contribution in [2.75, 3.05) is 0 Å². The van der Waals surface area contributed by atoms with E-state index in [1.807, 2.05) is 19.1 Å². The Hall–Kier alpha value is -2.21. The SMILES string of the molecule is CCC=CC[C@@H](O)C=CC=CC=CC=CC(O)[C@@H](O)CC=CCCC(=O)O. The van der Waals surface area contributed by atoms with Gasteiger partial charge < -0.3 is 20.4 Å². The van der Waals surface area contributed by atoms with Crippen molar-refractivity contribution in [3.8, 4) is 0 Å². The van der Waals surface area contributed by atoms with Gasteiger partial charge in [0.05, 0.1) is 18.3 Å². The number of carboxylic acids is 1. The van der Waals surface area contributed by atoms with Crippen molar-refractivity contribution in [3.63, 3.8) is 0 Å². The van der Waals surface area contributed by atoms with Crippen molar-refractivity contribution in [1.82, 2.24) is 0 Å². The van der Waals surface area contributed by atoms with Crippen LogP contribution in [0.3, 0.4) is 0 Å². The van der Waals surface area contributed by atoms with Gasteiger partial charge in [-0.3, -0.25) is 4.79 Å². The summed E-state index contributed by atoms with van der Waals surface area (Å²) in [5, 5.41) is 37.7. The molecule has 0 saturated carbocycles. The van der Waals surface area contributed by atoms with Gasteiger partial charge in [-0.2, -0.15) is 0 Å². The van der Waals surface area contributed by atoms with Crippen LogP contribution in [0.5, 0.6) is 0 Å². The predicted octanol–water partition coefficient (Wildman–Crippen LogP) is 3.46. The first-order valence-electron chi connectivity index (χ1n) is 9.21. The number of allylic oxidation sites excluding steroid dienone is 8. The summed E-state index contributed by atoms with van der Waals surface area (Å²) in [6.07, 6.45) is 20.9. The van der Waals surface area contributed by atoms with Crippen LogP contribution < -0.4 is 0 Å². The van der Waals surface area contributed by atoms with E-state index in [1.165, 1.54) is 6.08 Å². The molecule has 4 N–H and O–H groups in total. The van der Waals surface area contributed by atoms with Gasteiger partial charge in [0.25, 0.3) is 0 Å². The van der Waals surface area contributed by atoms with Gasteiger partial charge in [-0.1, -0.05) is 79.8 Å². The van der Waals surface area contributed by atoms with E-state index in [4.69, 9.17) is 5.11 Å². The highest BCUT2D eigenvalue weighted by Gasteiger charge is 2.10. The summed E-state index contributed by atoms with van der Waals surface area (Å²) in [4.78, 5) is 10.4. The van der Waals surface area contributed by atoms with E-state index in [-0.39, 0.29) is 12.8 Å². The second kappa shape index (κ2) is 17.2. The number of hydrogen-bond acceptors (Lipinski definition) is 4. The van der Waals surface area contributed by atoms with E-state index < -0.39 is 24.3 Å². The fourth-order valence-electron chi connectivity index (χ4n) is 1.94. The van der Waals surface area contributed by atoms with E-state index in [0.29, 0.717) is 12.8 Å². The predicted molar refractivity (Wildman–Crippen MR) is 109 cm³/mol. The molecule has 0 fully saturated rings. The minimum absolute atomic E-state index is 0.0530. The molecule has 27 heavy (non-hydrogen) atoms. The van der Waals surface area contributed by atoms with Crippen LogP contribution in [-0.4, -0.2) is 44.7 Å². The van der Waals surface area contributed by atoms with Crippen molar-refractivity contribution in [2.45, 2.75) is 57.3 Å². The van der Waals surface area contributed by atoms with Gasteiger partial charge in [-0.05, 0) is 25.7 Å². The van der Waals surface area contributed by atoms with Crippen LogP contribution in [-0.2, 0) is 4.79 Å². The topological polar surface area (TPSA) is 98.0 Å². The minimum Gasteiger partial charge on any atom is -0.481 e. The Morgan fingerprint density at radius 2 is 1.41 bits per heavy atom. The number of aliphatic carboxylic acids is 1. The van der Waals surface area contributed by atoms with Crippen LogP contribution in [0.25, 0.3) is 0 Å². The standard InChI is InChI=1S/C22H32O5/c1-2-3-9-14-19(23)15-10-6-4-5-7-11-16-20(24)21(25)17-12-8-13-18-22(26)27/h3-12,15-16,19-21,23-25H,2,13-14,17-18H2,1H3,(H,26,27)/t19-,20?,21+/m1/s1. The molecule has 0 radical (unpaired) electrons. The Kier molecular flexibility index (Phi) is 15.8. The molecule has 5 heteroatoms. The summed E-state index contributed by atoms with van der Waals surface area (Å²) in [5.41, 5.74) is 0. The van der Waals surface area contributed by atoms with Gasteiger partial charge in [-0.25, -0.2) is 0 Å². The summed E-state index contributed by atoms with van der Waals surface area (Å²) in [5.74, 6) is -0.861. The second-order valence-corrected chi connectivity index (χ2v) is 5.92. The van der Waals surface area contributed by atoms with Crippen molar-refractivity contribution in [3.05, 3.63) is 72.9 Å². The average molecular weight is 376 g/mol. The number of carbonyl (C=O) groups is 1. The van der Waals surface area contributed by atoms with Crippen molar-refractivity contribution < 1.29 is 25.2 Å². The number of carboxylic acid groups (broad SMARTS) is 1. The van der Waals surface area contributed by atoms with E-state index in [9.17, 15) is 20.1 Å². The van der Waals surface area contributed by atoms with Crippen molar-refractivity contribution in [1.29, 1.82) is 0 Å². The molecule has 0 aromatic rings. The van der Waals surface area contributed by atoms with Crippen LogP contribution >= 0.6 is 0 Å². The largest absolute Gasteiger partial charge is 0.481 e. The Labute approximate surface area is 162 Å². The lowest BCUT2D eigenvalue weighted by Crippen LogP contribution is -2.22. The van der Waals surface area contributed by atoms with Crippen LogP contribution in [0.1, 0.15) is 39.0 Å². The van der Waals surface area contributed by atoms with Gasteiger partial charge in [0.1, 0.15) is 0 Å². The number of aliphatic hydroxyl groups is 3. The van der Waals surface area contributed by atoms with Crippen LogP contribution in [0, 0.1) is 0 Å². The highest BCUT2D eigenvalue weighted by molar-refractivity contribution is 5.66. The van der Waals surface area contributed by atoms with Crippen molar-refractivity contribution in [2.24, 2.45) is 0 Å². The fraction of sp³-hybridized carbons (Fsp3) is 0.409. The molecule has 0 aromatic heterocycles. The quantitative estimate of drug-likeness (QED) is 0.275. The maximum atomic E-state index is 10.4. The molecular formula is C22H32O5. The first-order chi connectivity index (χ1) is 13.0. The third kappa shape index (κ3) is 17.0. The minimum atomic E-state index is -0.992. The van der Waals surface area contributed by atoms with Gasteiger partial charge in [0.2, 0.25) is 0 Å². The molecule has 0 aliphatic heterocycles. The number of hydrogen-bond donors (Lipinski definition) is 4. The highest BCUT2D eigenvalue weighted by Crippen LogP contribution is 2.03. The Bertz CT molecular complexity index is 555. The Morgan fingerprint density at radius 1 is 0.815 bits per heavy atom. The zero-order valence-electron chi connectivity index (χ0n) is 15.9. The van der Waals surface area contributed by atoms with Crippen LogP contribution in [0.15, 0.2) is 72.9 Å². The molecule has 0 rings (SSSR count). The molecule has 0 aromatic carbocycles. The van der Waals surface area contributed by atoms with E-state index in [2.05, 4.69) is 0 Å². The molecule has 3 atom stereocenters. The van der Waals surface area contributed by atoms with Gasteiger partial charge in [-0.15, -0.1) is 0 Å². The lowest BCUT2D eigenvalue weighted by molar-refractivity contribution is -0.136.